The first-order chi connectivity index (χ1) is 15.0. The summed E-state index contributed by atoms with van der Waals surface area (Å²) in [6.07, 6.45) is 0. The van der Waals surface area contributed by atoms with Crippen molar-refractivity contribution in [2.24, 2.45) is 10.9 Å². The van der Waals surface area contributed by atoms with E-state index >= 15 is 0 Å². The molecule has 2 aliphatic rings. The molecule has 0 bridgehead atoms. The van der Waals surface area contributed by atoms with E-state index in [-0.39, 0.29) is 19.2 Å². The molecule has 0 aromatic heterocycles. The van der Waals surface area contributed by atoms with E-state index in [2.05, 4.69) is 24.0 Å². The van der Waals surface area contributed by atoms with Crippen molar-refractivity contribution in [1.82, 2.24) is 0 Å². The van der Waals surface area contributed by atoms with Crippen LogP contribution in [0.3, 0.4) is 0 Å². The van der Waals surface area contributed by atoms with Crippen LogP contribution in [0.15, 0.2) is 69.7 Å². The van der Waals surface area contributed by atoms with Gasteiger partial charge in [-0.25, -0.2) is 4.79 Å². The Morgan fingerprint density at radius 2 is 1.90 bits per heavy atom. The van der Waals surface area contributed by atoms with E-state index in [0.29, 0.717) is 17.0 Å². The molecule has 6 heteroatoms. The van der Waals surface area contributed by atoms with Gasteiger partial charge in [0.1, 0.15) is 12.5 Å². The largest absolute Gasteiger partial charge is 0.465 e. The molecule has 2 aromatic rings. The quantitative estimate of drug-likeness (QED) is 0.480. The van der Waals surface area contributed by atoms with Gasteiger partial charge in [-0.3, -0.25) is 9.79 Å². The summed E-state index contributed by atoms with van der Waals surface area (Å²) in [5, 5.41) is 0. The van der Waals surface area contributed by atoms with Gasteiger partial charge in [-0.1, -0.05) is 42.5 Å². The minimum Gasteiger partial charge on any atom is -0.465 e. The van der Waals surface area contributed by atoms with E-state index in [1.165, 1.54) is 11.1 Å². The first kappa shape index (κ1) is 21.4. The van der Waals surface area contributed by atoms with Gasteiger partial charge in [0, 0.05) is 22.3 Å². The van der Waals surface area contributed by atoms with Gasteiger partial charge >= 0.3 is 11.9 Å². The fraction of sp³-hybridized carbons (Fsp3) is 0.320. The second-order valence-corrected chi connectivity index (χ2v) is 8.67. The highest BCUT2D eigenvalue weighted by Crippen LogP contribution is 2.45. The summed E-state index contributed by atoms with van der Waals surface area (Å²) in [5.41, 5.74) is 5.17. The minimum absolute atomic E-state index is 0.149. The summed E-state index contributed by atoms with van der Waals surface area (Å²) < 4.78 is 10.7. The Labute approximate surface area is 186 Å². The Bertz CT molecular complexity index is 1090. The summed E-state index contributed by atoms with van der Waals surface area (Å²) in [4.78, 5) is 31.2. The summed E-state index contributed by atoms with van der Waals surface area (Å²) in [6, 6.07) is 16.3. The van der Waals surface area contributed by atoms with Crippen molar-refractivity contribution in [1.29, 1.82) is 0 Å². The van der Waals surface area contributed by atoms with Crippen molar-refractivity contribution in [3.8, 4) is 0 Å². The van der Waals surface area contributed by atoms with Crippen molar-refractivity contribution in [2.75, 3.05) is 13.2 Å². The van der Waals surface area contributed by atoms with Crippen molar-refractivity contribution < 1.29 is 19.1 Å². The normalized spacial score (nSPS) is 20.2. The van der Waals surface area contributed by atoms with Gasteiger partial charge in [0.25, 0.3) is 0 Å². The van der Waals surface area contributed by atoms with Gasteiger partial charge in [-0.05, 0) is 43.5 Å². The van der Waals surface area contributed by atoms with Crippen LogP contribution in [0, 0.1) is 12.8 Å². The molecule has 0 aliphatic carbocycles. The topological polar surface area (TPSA) is 65.0 Å². The van der Waals surface area contributed by atoms with Crippen LogP contribution in [0.4, 0.5) is 0 Å². The van der Waals surface area contributed by atoms with Crippen LogP contribution >= 0.6 is 11.8 Å². The lowest BCUT2D eigenvalue weighted by atomic mass is 9.76. The zero-order valence-electron chi connectivity index (χ0n) is 17.9. The smallest absolute Gasteiger partial charge is 0.337 e. The maximum Gasteiger partial charge on any atom is 0.337 e. The van der Waals surface area contributed by atoms with Gasteiger partial charge in [-0.2, -0.15) is 0 Å². The van der Waals surface area contributed by atoms with Gasteiger partial charge in [-0.15, -0.1) is 11.8 Å². The van der Waals surface area contributed by atoms with Gasteiger partial charge in [0.2, 0.25) is 0 Å². The summed E-state index contributed by atoms with van der Waals surface area (Å²) in [5.74, 6) is -1.08. The molecule has 0 spiro atoms. The monoisotopic (exact) mass is 435 g/mol. The van der Waals surface area contributed by atoms with Gasteiger partial charge in [0.05, 0.1) is 17.9 Å². The number of hydrogen-bond acceptors (Lipinski definition) is 6. The average molecular weight is 436 g/mol. The van der Waals surface area contributed by atoms with Crippen LogP contribution in [-0.4, -0.2) is 30.9 Å². The molecule has 160 valence electrons. The number of ether oxygens (including phenoxy) is 2. The molecule has 0 amide bonds. The molecule has 4 rings (SSSR count). The third kappa shape index (κ3) is 4.17. The Hall–Kier alpha value is -2.86. The predicted molar refractivity (Wildman–Crippen MR) is 121 cm³/mol. The van der Waals surface area contributed by atoms with Crippen LogP contribution in [0.2, 0.25) is 0 Å². The zero-order valence-corrected chi connectivity index (χ0v) is 18.7. The molecular formula is C25H25NO4S. The van der Waals surface area contributed by atoms with Crippen molar-refractivity contribution >= 4 is 29.4 Å². The Morgan fingerprint density at radius 1 is 1.16 bits per heavy atom. The number of rotatable bonds is 6. The van der Waals surface area contributed by atoms with E-state index in [4.69, 9.17) is 9.47 Å². The third-order valence-electron chi connectivity index (χ3n) is 5.72. The Kier molecular flexibility index (Phi) is 6.28. The summed E-state index contributed by atoms with van der Waals surface area (Å²) >= 11 is 1.70. The third-order valence-corrected chi connectivity index (χ3v) is 6.85. The SMILES string of the molecule is CCOC(=O)C1C(C)=NC2=C(C(=O)OC2)C1c1ccccc1SCc1ccccc1C. The Morgan fingerprint density at radius 3 is 2.68 bits per heavy atom. The molecule has 0 N–H and O–H groups in total. The lowest BCUT2D eigenvalue weighted by Crippen LogP contribution is -2.35. The van der Waals surface area contributed by atoms with Crippen molar-refractivity contribution in [3.63, 3.8) is 0 Å². The van der Waals surface area contributed by atoms with Crippen molar-refractivity contribution in [2.45, 2.75) is 37.3 Å². The molecule has 31 heavy (non-hydrogen) atoms. The molecular weight excluding hydrogens is 410 g/mol. The highest BCUT2D eigenvalue weighted by molar-refractivity contribution is 7.98. The van der Waals surface area contributed by atoms with E-state index in [1.54, 1.807) is 18.7 Å². The van der Waals surface area contributed by atoms with Gasteiger partial charge < -0.3 is 9.47 Å². The molecule has 2 aliphatic heterocycles. The highest BCUT2D eigenvalue weighted by Gasteiger charge is 2.46. The van der Waals surface area contributed by atoms with Crippen molar-refractivity contribution in [3.05, 3.63) is 76.5 Å². The number of aryl methyl sites for hydroxylation is 1. The number of benzene rings is 2. The van der Waals surface area contributed by atoms with Crippen LogP contribution in [-0.2, 0) is 24.8 Å². The maximum absolute atomic E-state index is 12.9. The van der Waals surface area contributed by atoms with Crippen LogP contribution in [0.5, 0.6) is 0 Å². The molecule has 0 radical (unpaired) electrons. The first-order valence-corrected chi connectivity index (χ1v) is 11.4. The number of carbonyl (C=O) groups excluding carboxylic acids is 2. The number of esters is 2. The maximum atomic E-state index is 12.9. The van der Waals surface area contributed by atoms with E-state index < -0.39 is 17.8 Å². The molecule has 2 atom stereocenters. The highest BCUT2D eigenvalue weighted by atomic mass is 32.2. The number of nitrogens with zero attached hydrogens (tertiary/aromatic N) is 1. The fourth-order valence-corrected chi connectivity index (χ4v) is 5.34. The zero-order chi connectivity index (χ0) is 22.0. The number of thioether (sulfide) groups is 1. The van der Waals surface area contributed by atoms with Crippen LogP contribution < -0.4 is 0 Å². The minimum atomic E-state index is -0.649. The first-order valence-electron chi connectivity index (χ1n) is 10.4. The standard InChI is InChI=1S/C25H25NO4S/c1-4-29-24(27)21-16(3)26-19-13-30-25(28)23(19)22(21)18-11-7-8-12-20(18)31-14-17-10-6-5-9-15(17)2/h5-12,21-22H,4,13-14H2,1-3H3. The van der Waals surface area contributed by atoms with E-state index in [1.807, 2.05) is 43.3 Å². The van der Waals surface area contributed by atoms with E-state index in [9.17, 15) is 9.59 Å². The molecule has 0 fully saturated rings. The summed E-state index contributed by atoms with van der Waals surface area (Å²) in [7, 11) is 0. The second-order valence-electron chi connectivity index (χ2n) is 7.65. The molecule has 2 heterocycles. The molecule has 2 aromatic carbocycles. The number of hydrogen-bond donors (Lipinski definition) is 0. The average Bonchev–Trinajstić information content (AvgIpc) is 3.12. The molecule has 0 saturated carbocycles. The number of carbonyl (C=O) groups is 2. The fourth-order valence-electron chi connectivity index (χ4n) is 4.17. The predicted octanol–water partition coefficient (Wildman–Crippen LogP) is 4.84. The lowest BCUT2D eigenvalue weighted by Gasteiger charge is -2.30. The van der Waals surface area contributed by atoms with E-state index in [0.717, 1.165) is 16.2 Å². The molecule has 0 saturated heterocycles. The summed E-state index contributed by atoms with van der Waals surface area (Å²) in [6.45, 7) is 6.13. The molecule has 5 nitrogen and oxygen atoms in total. The second kappa shape index (κ2) is 9.10. The van der Waals surface area contributed by atoms with Crippen LogP contribution in [0.25, 0.3) is 0 Å². The number of cyclic esters (lactones) is 1. The molecule has 2 unspecified atom stereocenters. The van der Waals surface area contributed by atoms with Gasteiger partial charge in [0.15, 0.2) is 0 Å². The lowest BCUT2D eigenvalue weighted by molar-refractivity contribution is -0.146. The number of aliphatic imine (C=N–C) groups is 1. The Balaban J connectivity index is 1.75. The van der Waals surface area contributed by atoms with Crippen LogP contribution in [0.1, 0.15) is 36.5 Å².